The molecule has 10 heteroatoms. The van der Waals surface area contributed by atoms with Crippen LogP contribution in [0.5, 0.6) is 5.75 Å². The Kier molecular flexibility index (Phi) is 7.10. The van der Waals surface area contributed by atoms with Gasteiger partial charge in [-0.3, -0.25) is 19.6 Å². The fourth-order valence-electron chi connectivity index (χ4n) is 3.18. The van der Waals surface area contributed by atoms with Crippen LogP contribution >= 0.6 is 23.2 Å². The molecule has 0 fully saturated rings. The molecule has 3 aromatic carbocycles. The van der Waals surface area contributed by atoms with Crippen LogP contribution in [0, 0.1) is 10.1 Å². The SMILES string of the molecule is O=C(Nc1nn(Cc2ccccc2Cl)cc1Cl)c1cccc(COc2ccc([N+](=O)[O-])cc2)c1. The lowest BCUT2D eigenvalue weighted by atomic mass is 10.1. The van der Waals surface area contributed by atoms with Gasteiger partial charge in [-0.15, -0.1) is 0 Å². The van der Waals surface area contributed by atoms with Gasteiger partial charge in [-0.2, -0.15) is 5.10 Å². The van der Waals surface area contributed by atoms with E-state index in [0.717, 1.165) is 11.1 Å². The lowest BCUT2D eigenvalue weighted by molar-refractivity contribution is -0.384. The lowest BCUT2D eigenvalue weighted by Gasteiger charge is -2.08. The number of halogens is 2. The molecular formula is C24H18Cl2N4O4. The van der Waals surface area contributed by atoms with Gasteiger partial charge in [0.1, 0.15) is 17.4 Å². The molecule has 0 aliphatic rings. The predicted octanol–water partition coefficient (Wildman–Crippen LogP) is 5.98. The van der Waals surface area contributed by atoms with Gasteiger partial charge in [0.2, 0.25) is 0 Å². The molecule has 4 aromatic rings. The van der Waals surface area contributed by atoms with Crippen LogP contribution < -0.4 is 10.1 Å². The number of amides is 1. The molecule has 0 aliphatic heterocycles. The van der Waals surface area contributed by atoms with Crippen molar-refractivity contribution in [3.8, 4) is 5.75 Å². The van der Waals surface area contributed by atoms with Crippen LogP contribution in [0.25, 0.3) is 0 Å². The fourth-order valence-corrected chi connectivity index (χ4v) is 3.57. The molecule has 1 N–H and O–H groups in total. The minimum Gasteiger partial charge on any atom is -0.489 e. The molecule has 0 bridgehead atoms. The van der Waals surface area contributed by atoms with Gasteiger partial charge in [0.05, 0.1) is 11.5 Å². The Morgan fingerprint density at radius 1 is 1.03 bits per heavy atom. The van der Waals surface area contributed by atoms with Gasteiger partial charge in [-0.1, -0.05) is 53.5 Å². The minimum atomic E-state index is -0.474. The van der Waals surface area contributed by atoms with E-state index in [1.54, 1.807) is 35.1 Å². The molecule has 0 radical (unpaired) electrons. The normalized spacial score (nSPS) is 10.6. The number of ether oxygens (including phenoxy) is 1. The second-order valence-electron chi connectivity index (χ2n) is 7.31. The zero-order chi connectivity index (χ0) is 24.1. The van der Waals surface area contributed by atoms with Crippen LogP contribution in [0.1, 0.15) is 21.5 Å². The molecule has 0 spiro atoms. The smallest absolute Gasteiger partial charge is 0.269 e. The fraction of sp³-hybridized carbons (Fsp3) is 0.0833. The average molecular weight is 497 g/mol. The summed E-state index contributed by atoms with van der Waals surface area (Å²) >= 11 is 12.5. The van der Waals surface area contributed by atoms with E-state index >= 15 is 0 Å². The molecule has 34 heavy (non-hydrogen) atoms. The highest BCUT2D eigenvalue weighted by Crippen LogP contribution is 2.23. The van der Waals surface area contributed by atoms with Crippen molar-refractivity contribution in [2.24, 2.45) is 0 Å². The third-order valence-corrected chi connectivity index (χ3v) is 5.53. The number of benzene rings is 3. The molecule has 0 saturated carbocycles. The van der Waals surface area contributed by atoms with E-state index in [1.165, 1.54) is 24.3 Å². The molecule has 0 unspecified atom stereocenters. The van der Waals surface area contributed by atoms with Crippen molar-refractivity contribution in [3.63, 3.8) is 0 Å². The summed E-state index contributed by atoms with van der Waals surface area (Å²) in [5.74, 6) is 0.352. The van der Waals surface area contributed by atoms with Crippen LogP contribution in [0.4, 0.5) is 11.5 Å². The summed E-state index contributed by atoms with van der Waals surface area (Å²) in [4.78, 5) is 23.0. The average Bonchev–Trinajstić information content (AvgIpc) is 3.18. The van der Waals surface area contributed by atoms with Crippen LogP contribution in [0.3, 0.4) is 0 Å². The van der Waals surface area contributed by atoms with E-state index in [4.69, 9.17) is 27.9 Å². The van der Waals surface area contributed by atoms with Crippen molar-refractivity contribution >= 4 is 40.6 Å². The zero-order valence-electron chi connectivity index (χ0n) is 17.7. The van der Waals surface area contributed by atoms with Crippen molar-refractivity contribution < 1.29 is 14.5 Å². The first kappa shape index (κ1) is 23.3. The Bertz CT molecular complexity index is 1340. The summed E-state index contributed by atoms with van der Waals surface area (Å²) in [5.41, 5.74) is 2.02. The number of non-ortho nitro benzene ring substituents is 1. The number of nitro groups is 1. The number of anilines is 1. The second-order valence-corrected chi connectivity index (χ2v) is 8.12. The number of carbonyl (C=O) groups is 1. The van der Waals surface area contributed by atoms with Crippen LogP contribution in [-0.4, -0.2) is 20.6 Å². The maximum atomic E-state index is 12.8. The van der Waals surface area contributed by atoms with Crippen molar-refractivity contribution in [1.29, 1.82) is 0 Å². The molecule has 1 amide bonds. The van der Waals surface area contributed by atoms with E-state index in [-0.39, 0.29) is 24.0 Å². The van der Waals surface area contributed by atoms with Gasteiger partial charge in [0.25, 0.3) is 11.6 Å². The number of rotatable bonds is 8. The summed E-state index contributed by atoms with van der Waals surface area (Å²) in [7, 11) is 0. The summed E-state index contributed by atoms with van der Waals surface area (Å²) in [6.45, 7) is 0.594. The highest BCUT2D eigenvalue weighted by molar-refractivity contribution is 6.33. The second kappa shape index (κ2) is 10.4. The van der Waals surface area contributed by atoms with Crippen molar-refractivity contribution in [2.75, 3.05) is 5.32 Å². The molecular weight excluding hydrogens is 479 g/mol. The maximum Gasteiger partial charge on any atom is 0.269 e. The summed E-state index contributed by atoms with van der Waals surface area (Å²) in [5, 5.41) is 18.7. The molecule has 4 rings (SSSR count). The van der Waals surface area contributed by atoms with Gasteiger partial charge in [-0.25, -0.2) is 0 Å². The Morgan fingerprint density at radius 2 is 1.79 bits per heavy atom. The Hall–Kier alpha value is -3.88. The maximum absolute atomic E-state index is 12.8. The Morgan fingerprint density at radius 3 is 2.53 bits per heavy atom. The lowest BCUT2D eigenvalue weighted by Crippen LogP contribution is -2.13. The molecule has 8 nitrogen and oxygen atoms in total. The highest BCUT2D eigenvalue weighted by atomic mass is 35.5. The largest absolute Gasteiger partial charge is 0.489 e. The minimum absolute atomic E-state index is 0.0148. The quantitative estimate of drug-likeness (QED) is 0.239. The number of nitrogens with zero attached hydrogens (tertiary/aromatic N) is 3. The number of carbonyl (C=O) groups excluding carboxylic acids is 1. The van der Waals surface area contributed by atoms with E-state index in [1.807, 2.05) is 24.3 Å². The molecule has 0 atom stereocenters. The third-order valence-electron chi connectivity index (χ3n) is 4.88. The zero-order valence-corrected chi connectivity index (χ0v) is 19.2. The number of hydrogen-bond donors (Lipinski definition) is 1. The van der Waals surface area contributed by atoms with Gasteiger partial charge in [0, 0.05) is 28.9 Å². The monoisotopic (exact) mass is 496 g/mol. The molecule has 0 saturated heterocycles. The standard InChI is InChI=1S/C24H18Cl2N4O4/c25-21-7-2-1-5-18(21)13-29-14-22(26)23(28-29)27-24(31)17-6-3-4-16(12-17)15-34-20-10-8-19(9-11-20)30(32)33/h1-12,14H,13,15H2,(H,27,28,31). The molecule has 0 aliphatic carbocycles. The van der Waals surface area contributed by atoms with Gasteiger partial charge in [-0.05, 0) is 41.5 Å². The number of aromatic nitrogens is 2. The van der Waals surface area contributed by atoms with E-state index < -0.39 is 4.92 Å². The third kappa shape index (κ3) is 5.72. The Labute approximate surface area is 204 Å². The van der Waals surface area contributed by atoms with Crippen molar-refractivity contribution in [2.45, 2.75) is 13.2 Å². The summed E-state index contributed by atoms with van der Waals surface area (Å²) in [6, 6.07) is 20.1. The number of nitrogens with one attached hydrogen (secondary N) is 1. The van der Waals surface area contributed by atoms with Crippen LogP contribution in [-0.2, 0) is 13.2 Å². The van der Waals surface area contributed by atoms with E-state index in [2.05, 4.69) is 10.4 Å². The number of hydrogen-bond acceptors (Lipinski definition) is 5. The van der Waals surface area contributed by atoms with Gasteiger partial charge in [0.15, 0.2) is 5.82 Å². The first-order valence-electron chi connectivity index (χ1n) is 10.1. The first-order chi connectivity index (χ1) is 16.4. The molecule has 1 heterocycles. The Balaban J connectivity index is 1.40. The van der Waals surface area contributed by atoms with Crippen LogP contribution in [0.2, 0.25) is 10.0 Å². The summed E-state index contributed by atoms with van der Waals surface area (Å²) < 4.78 is 7.27. The predicted molar refractivity (Wildman–Crippen MR) is 130 cm³/mol. The molecule has 1 aromatic heterocycles. The van der Waals surface area contributed by atoms with Gasteiger partial charge < -0.3 is 10.1 Å². The first-order valence-corrected chi connectivity index (χ1v) is 10.9. The summed E-state index contributed by atoms with van der Waals surface area (Å²) in [6.07, 6.45) is 1.62. The van der Waals surface area contributed by atoms with Crippen molar-refractivity contribution in [1.82, 2.24) is 9.78 Å². The number of nitro benzene ring substituents is 1. The van der Waals surface area contributed by atoms with Crippen LogP contribution in [0.15, 0.2) is 79.0 Å². The van der Waals surface area contributed by atoms with E-state index in [9.17, 15) is 14.9 Å². The van der Waals surface area contributed by atoms with E-state index in [0.29, 0.717) is 27.9 Å². The van der Waals surface area contributed by atoms with Crippen molar-refractivity contribution in [3.05, 3.63) is 116 Å². The highest BCUT2D eigenvalue weighted by Gasteiger charge is 2.14. The van der Waals surface area contributed by atoms with Gasteiger partial charge >= 0.3 is 0 Å². The topological polar surface area (TPSA) is 99.3 Å². The molecule has 172 valence electrons.